The first-order chi connectivity index (χ1) is 13.3. The quantitative estimate of drug-likeness (QED) is 0.562. The van der Waals surface area contributed by atoms with Crippen molar-refractivity contribution in [1.29, 1.82) is 0 Å². The average Bonchev–Trinajstić information content (AvgIpc) is 2.67. The van der Waals surface area contributed by atoms with Gasteiger partial charge in [0.25, 0.3) is 0 Å². The first-order valence-corrected chi connectivity index (χ1v) is 10.8. The fourth-order valence-electron chi connectivity index (χ4n) is 3.70. The highest BCUT2D eigenvalue weighted by Gasteiger charge is 2.17. The molecule has 1 fully saturated rings. The van der Waals surface area contributed by atoms with Gasteiger partial charge in [0.2, 0.25) is 0 Å². The van der Waals surface area contributed by atoms with Crippen molar-refractivity contribution in [3.8, 4) is 11.5 Å². The molecule has 27 heavy (non-hydrogen) atoms. The van der Waals surface area contributed by atoms with Gasteiger partial charge in [0, 0.05) is 22.6 Å². The third-order valence-electron chi connectivity index (χ3n) is 5.29. The fraction of sp³-hybridized carbons (Fsp3) is 0.478. The van der Waals surface area contributed by atoms with Crippen molar-refractivity contribution in [3.63, 3.8) is 0 Å². The van der Waals surface area contributed by atoms with E-state index in [1.54, 1.807) is 7.11 Å². The number of benzene rings is 2. The van der Waals surface area contributed by atoms with Crippen LogP contribution in [0.3, 0.4) is 0 Å². The van der Waals surface area contributed by atoms with E-state index in [9.17, 15) is 0 Å². The summed E-state index contributed by atoms with van der Waals surface area (Å²) in [6.45, 7) is 1.32. The fourth-order valence-corrected chi connectivity index (χ4v) is 4.15. The highest BCUT2D eigenvalue weighted by Crippen LogP contribution is 2.37. The molecule has 1 aliphatic rings. The summed E-state index contributed by atoms with van der Waals surface area (Å²) in [5.41, 5.74) is 2.28. The van der Waals surface area contributed by atoms with E-state index in [4.69, 9.17) is 9.47 Å². The molecule has 3 nitrogen and oxygen atoms in total. The lowest BCUT2D eigenvalue weighted by atomic mass is 9.96. The lowest BCUT2D eigenvalue weighted by Gasteiger charge is -2.23. The minimum Gasteiger partial charge on any atom is -0.493 e. The van der Waals surface area contributed by atoms with Gasteiger partial charge < -0.3 is 14.8 Å². The molecule has 146 valence electrons. The predicted octanol–water partition coefficient (Wildman–Crippen LogP) is 6.24. The Hall–Kier alpha value is -1.52. The SMILES string of the molecule is COc1ccc(Br)c(CNC2CCCCCCC2)c1OCc1ccccc1. The van der Waals surface area contributed by atoms with E-state index in [0.29, 0.717) is 12.6 Å². The van der Waals surface area contributed by atoms with Crippen LogP contribution in [0.1, 0.15) is 56.1 Å². The van der Waals surface area contributed by atoms with Crippen molar-refractivity contribution in [2.24, 2.45) is 0 Å². The van der Waals surface area contributed by atoms with Gasteiger partial charge in [-0.25, -0.2) is 0 Å². The van der Waals surface area contributed by atoms with Crippen molar-refractivity contribution in [1.82, 2.24) is 5.32 Å². The molecule has 1 saturated carbocycles. The number of hydrogen-bond acceptors (Lipinski definition) is 3. The van der Waals surface area contributed by atoms with Crippen LogP contribution >= 0.6 is 15.9 Å². The molecule has 2 aromatic rings. The van der Waals surface area contributed by atoms with Crippen LogP contribution in [0.2, 0.25) is 0 Å². The molecule has 1 aliphatic carbocycles. The van der Waals surface area contributed by atoms with Crippen LogP contribution in [0.5, 0.6) is 11.5 Å². The molecule has 0 amide bonds. The molecule has 4 heteroatoms. The molecule has 0 radical (unpaired) electrons. The largest absolute Gasteiger partial charge is 0.493 e. The van der Waals surface area contributed by atoms with Crippen molar-refractivity contribution < 1.29 is 9.47 Å². The molecule has 1 N–H and O–H groups in total. The summed E-state index contributed by atoms with van der Waals surface area (Å²) in [5, 5.41) is 3.77. The highest BCUT2D eigenvalue weighted by molar-refractivity contribution is 9.10. The Balaban J connectivity index is 1.72. The van der Waals surface area contributed by atoms with E-state index in [1.807, 2.05) is 30.3 Å². The zero-order valence-electron chi connectivity index (χ0n) is 16.2. The molecule has 0 heterocycles. The standard InChI is InChI=1S/C23H30BrNO2/c1-26-22-15-14-21(24)20(16-25-19-12-8-3-2-4-9-13-19)23(22)27-17-18-10-6-5-7-11-18/h5-7,10-11,14-15,19,25H,2-4,8-9,12-13,16-17H2,1H3. The van der Waals surface area contributed by atoms with Gasteiger partial charge in [-0.05, 0) is 30.5 Å². The first kappa shape index (κ1) is 20.2. The van der Waals surface area contributed by atoms with Gasteiger partial charge in [0.15, 0.2) is 11.5 Å². The van der Waals surface area contributed by atoms with Crippen LogP contribution in [0.25, 0.3) is 0 Å². The smallest absolute Gasteiger partial charge is 0.167 e. The van der Waals surface area contributed by atoms with Crippen LogP contribution < -0.4 is 14.8 Å². The van der Waals surface area contributed by atoms with Gasteiger partial charge in [-0.2, -0.15) is 0 Å². The summed E-state index contributed by atoms with van der Waals surface area (Å²) < 4.78 is 12.9. The zero-order valence-corrected chi connectivity index (χ0v) is 17.8. The number of halogens is 1. The molecule has 0 unspecified atom stereocenters. The van der Waals surface area contributed by atoms with Gasteiger partial charge in [0.1, 0.15) is 6.61 Å². The van der Waals surface area contributed by atoms with Crippen LogP contribution in [0.4, 0.5) is 0 Å². The van der Waals surface area contributed by atoms with Crippen LogP contribution in [0, 0.1) is 0 Å². The number of hydrogen-bond donors (Lipinski definition) is 1. The molecule has 2 aromatic carbocycles. The predicted molar refractivity (Wildman–Crippen MR) is 114 cm³/mol. The van der Waals surface area contributed by atoms with Crippen molar-refractivity contribution in [2.45, 2.75) is 64.1 Å². The third-order valence-corrected chi connectivity index (χ3v) is 6.03. The van der Waals surface area contributed by atoms with E-state index in [0.717, 1.165) is 33.6 Å². The Morgan fingerprint density at radius 3 is 2.37 bits per heavy atom. The lowest BCUT2D eigenvalue weighted by molar-refractivity contribution is 0.279. The van der Waals surface area contributed by atoms with Crippen molar-refractivity contribution in [3.05, 3.63) is 58.1 Å². The Morgan fingerprint density at radius 2 is 1.67 bits per heavy atom. The van der Waals surface area contributed by atoms with Crippen LogP contribution in [-0.2, 0) is 13.2 Å². The number of nitrogens with one attached hydrogen (secondary N) is 1. The Morgan fingerprint density at radius 1 is 0.963 bits per heavy atom. The highest BCUT2D eigenvalue weighted by atomic mass is 79.9. The second-order valence-electron chi connectivity index (χ2n) is 7.25. The molecule has 0 aromatic heterocycles. The lowest BCUT2D eigenvalue weighted by Crippen LogP contribution is -2.29. The summed E-state index contributed by atoms with van der Waals surface area (Å²) in [4.78, 5) is 0. The molecule has 0 bridgehead atoms. The summed E-state index contributed by atoms with van der Waals surface area (Å²) in [5.74, 6) is 1.61. The minimum atomic E-state index is 0.532. The summed E-state index contributed by atoms with van der Waals surface area (Å²) in [6, 6.07) is 14.8. The summed E-state index contributed by atoms with van der Waals surface area (Å²) in [6.07, 6.45) is 9.32. The topological polar surface area (TPSA) is 30.5 Å². The minimum absolute atomic E-state index is 0.532. The second-order valence-corrected chi connectivity index (χ2v) is 8.11. The third kappa shape index (κ3) is 5.98. The van der Waals surface area contributed by atoms with E-state index in [-0.39, 0.29) is 0 Å². The van der Waals surface area contributed by atoms with Gasteiger partial charge in [-0.1, -0.05) is 78.4 Å². The van der Waals surface area contributed by atoms with E-state index < -0.39 is 0 Å². The molecular weight excluding hydrogens is 402 g/mol. The van der Waals surface area contributed by atoms with E-state index in [1.165, 1.54) is 44.9 Å². The van der Waals surface area contributed by atoms with Gasteiger partial charge in [0.05, 0.1) is 7.11 Å². The maximum Gasteiger partial charge on any atom is 0.167 e. The van der Waals surface area contributed by atoms with Gasteiger partial charge in [-0.15, -0.1) is 0 Å². The average molecular weight is 432 g/mol. The van der Waals surface area contributed by atoms with Gasteiger partial charge in [-0.3, -0.25) is 0 Å². The Bertz CT molecular complexity index is 697. The molecule has 0 saturated heterocycles. The van der Waals surface area contributed by atoms with Crippen LogP contribution in [-0.4, -0.2) is 13.2 Å². The van der Waals surface area contributed by atoms with Gasteiger partial charge >= 0.3 is 0 Å². The van der Waals surface area contributed by atoms with Crippen molar-refractivity contribution in [2.75, 3.05) is 7.11 Å². The molecule has 0 spiro atoms. The Kier molecular flexibility index (Phi) is 8.03. The zero-order chi connectivity index (χ0) is 18.9. The van der Waals surface area contributed by atoms with E-state index in [2.05, 4.69) is 33.4 Å². The normalized spacial score (nSPS) is 15.8. The monoisotopic (exact) mass is 431 g/mol. The molecule has 3 rings (SSSR count). The maximum absolute atomic E-state index is 6.22. The molecule has 0 aliphatic heterocycles. The molecule has 0 atom stereocenters. The second kappa shape index (κ2) is 10.7. The Labute approximate surface area is 171 Å². The van der Waals surface area contributed by atoms with Crippen molar-refractivity contribution >= 4 is 15.9 Å². The first-order valence-electron chi connectivity index (χ1n) is 10.0. The van der Waals surface area contributed by atoms with Crippen LogP contribution in [0.15, 0.2) is 46.9 Å². The maximum atomic E-state index is 6.22. The number of methoxy groups -OCH3 is 1. The molecular formula is C23H30BrNO2. The summed E-state index contributed by atoms with van der Waals surface area (Å²) >= 11 is 3.71. The summed E-state index contributed by atoms with van der Waals surface area (Å²) in [7, 11) is 1.70. The van der Waals surface area contributed by atoms with E-state index >= 15 is 0 Å². The number of rotatable bonds is 7. The number of ether oxygens (including phenoxy) is 2.